The zero-order valence-electron chi connectivity index (χ0n) is 9.36. The summed E-state index contributed by atoms with van der Waals surface area (Å²) in [6.45, 7) is 2.62. The number of nitrogens with zero attached hydrogens (tertiary/aromatic N) is 1. The van der Waals surface area contributed by atoms with E-state index in [2.05, 4.69) is 11.1 Å². The third-order valence-corrected chi connectivity index (χ3v) is 3.21. The number of aryl methyl sites for hydroxylation is 1. The van der Waals surface area contributed by atoms with Crippen LogP contribution in [0.15, 0.2) is 18.3 Å². The summed E-state index contributed by atoms with van der Waals surface area (Å²) in [7, 11) is 1.69. The molecular weight excluding hydrogens is 188 g/mol. The first-order valence-corrected chi connectivity index (χ1v) is 5.37. The number of hydrogen-bond donors (Lipinski definition) is 1. The minimum absolute atomic E-state index is 0.311. The van der Waals surface area contributed by atoms with Crippen molar-refractivity contribution in [2.24, 2.45) is 5.73 Å². The third-order valence-electron chi connectivity index (χ3n) is 3.21. The minimum atomic E-state index is -0.311. The highest BCUT2D eigenvalue weighted by Gasteiger charge is 2.37. The molecule has 3 heteroatoms. The van der Waals surface area contributed by atoms with Crippen molar-refractivity contribution in [3.63, 3.8) is 0 Å². The van der Waals surface area contributed by atoms with Gasteiger partial charge < -0.3 is 10.5 Å². The van der Waals surface area contributed by atoms with E-state index in [9.17, 15) is 0 Å². The number of aromatic nitrogens is 1. The Balaban J connectivity index is 2.27. The van der Waals surface area contributed by atoms with Crippen LogP contribution >= 0.6 is 0 Å². The van der Waals surface area contributed by atoms with Crippen molar-refractivity contribution in [1.82, 2.24) is 4.98 Å². The molecule has 1 aromatic heterocycles. The number of pyridine rings is 1. The molecule has 0 radical (unpaired) electrons. The summed E-state index contributed by atoms with van der Waals surface area (Å²) in [4.78, 5) is 4.45. The van der Waals surface area contributed by atoms with Crippen LogP contribution in [0, 0.1) is 0 Å². The average molecular weight is 206 g/mol. The molecule has 0 amide bonds. The maximum absolute atomic E-state index is 6.28. The summed E-state index contributed by atoms with van der Waals surface area (Å²) in [6.07, 6.45) is 4.02. The van der Waals surface area contributed by atoms with Gasteiger partial charge in [-0.15, -0.1) is 0 Å². The molecule has 0 saturated carbocycles. The molecule has 0 fully saturated rings. The van der Waals surface area contributed by atoms with Gasteiger partial charge in [0.15, 0.2) is 0 Å². The smallest absolute Gasteiger partial charge is 0.0646 e. The SMILES string of the molecule is COCC(C)(N)C1CCc2cccnc21. The first kappa shape index (κ1) is 10.6. The van der Waals surface area contributed by atoms with Crippen molar-refractivity contribution in [1.29, 1.82) is 0 Å². The van der Waals surface area contributed by atoms with Crippen LogP contribution in [-0.2, 0) is 11.2 Å². The monoisotopic (exact) mass is 206 g/mol. The van der Waals surface area contributed by atoms with Crippen LogP contribution < -0.4 is 5.73 Å². The zero-order valence-corrected chi connectivity index (χ0v) is 9.36. The Bertz CT molecular complexity index is 349. The molecular formula is C12H18N2O. The van der Waals surface area contributed by atoms with Crippen molar-refractivity contribution in [3.05, 3.63) is 29.6 Å². The van der Waals surface area contributed by atoms with Gasteiger partial charge in [0.2, 0.25) is 0 Å². The standard InChI is InChI=1S/C12H18N2O/c1-12(13,8-15-2)10-6-5-9-4-3-7-14-11(9)10/h3-4,7,10H,5-6,8,13H2,1-2H3. The summed E-state index contributed by atoms with van der Waals surface area (Å²) in [5, 5.41) is 0. The lowest BCUT2D eigenvalue weighted by atomic mass is 9.85. The molecule has 1 aliphatic carbocycles. The number of methoxy groups -OCH3 is 1. The van der Waals surface area contributed by atoms with Crippen molar-refractivity contribution in [2.45, 2.75) is 31.2 Å². The van der Waals surface area contributed by atoms with Crippen LogP contribution in [0.2, 0.25) is 0 Å². The lowest BCUT2D eigenvalue weighted by Crippen LogP contribution is -2.46. The van der Waals surface area contributed by atoms with Crippen molar-refractivity contribution >= 4 is 0 Å². The van der Waals surface area contributed by atoms with Crippen LogP contribution in [0.4, 0.5) is 0 Å². The Morgan fingerprint density at radius 2 is 2.47 bits per heavy atom. The van der Waals surface area contributed by atoms with Gasteiger partial charge in [0, 0.05) is 30.5 Å². The normalized spacial score (nSPS) is 23.5. The van der Waals surface area contributed by atoms with E-state index in [-0.39, 0.29) is 5.54 Å². The van der Waals surface area contributed by atoms with Crippen LogP contribution in [0.5, 0.6) is 0 Å². The first-order chi connectivity index (χ1) is 7.15. The van der Waals surface area contributed by atoms with Crippen molar-refractivity contribution < 1.29 is 4.74 Å². The summed E-state index contributed by atoms with van der Waals surface area (Å²) in [6, 6.07) is 4.14. The molecule has 1 aliphatic rings. The first-order valence-electron chi connectivity index (χ1n) is 5.37. The number of ether oxygens (including phenoxy) is 1. The minimum Gasteiger partial charge on any atom is -0.383 e. The maximum atomic E-state index is 6.28. The second-order valence-electron chi connectivity index (χ2n) is 4.58. The Kier molecular flexibility index (Phi) is 2.76. The number of hydrogen-bond acceptors (Lipinski definition) is 3. The second-order valence-corrected chi connectivity index (χ2v) is 4.58. The predicted molar refractivity (Wildman–Crippen MR) is 59.8 cm³/mol. The van der Waals surface area contributed by atoms with Gasteiger partial charge in [0.1, 0.15) is 0 Å². The van der Waals surface area contributed by atoms with E-state index in [4.69, 9.17) is 10.5 Å². The molecule has 2 atom stereocenters. The van der Waals surface area contributed by atoms with Gasteiger partial charge in [-0.3, -0.25) is 4.98 Å². The van der Waals surface area contributed by atoms with E-state index in [1.807, 2.05) is 19.2 Å². The fraction of sp³-hybridized carbons (Fsp3) is 0.583. The average Bonchev–Trinajstić information content (AvgIpc) is 2.61. The molecule has 2 unspecified atom stereocenters. The van der Waals surface area contributed by atoms with E-state index in [1.54, 1.807) is 7.11 Å². The molecule has 0 aromatic carbocycles. The lowest BCUT2D eigenvalue weighted by molar-refractivity contribution is 0.124. The second kappa shape index (κ2) is 3.91. The molecule has 0 spiro atoms. The van der Waals surface area contributed by atoms with E-state index >= 15 is 0 Å². The Morgan fingerprint density at radius 3 is 3.20 bits per heavy atom. The molecule has 1 aromatic rings. The van der Waals surface area contributed by atoms with Crippen LogP contribution in [0.1, 0.15) is 30.5 Å². The van der Waals surface area contributed by atoms with E-state index in [0.717, 1.165) is 12.8 Å². The highest BCUT2D eigenvalue weighted by Crippen LogP contribution is 2.37. The Morgan fingerprint density at radius 1 is 1.67 bits per heavy atom. The number of fused-ring (bicyclic) bond motifs is 1. The Labute approximate surface area is 90.7 Å². The molecule has 3 nitrogen and oxygen atoms in total. The fourth-order valence-corrected chi connectivity index (χ4v) is 2.47. The highest BCUT2D eigenvalue weighted by atomic mass is 16.5. The van der Waals surface area contributed by atoms with Crippen molar-refractivity contribution in [3.8, 4) is 0 Å². The summed E-state index contributed by atoms with van der Waals surface area (Å²) < 4.78 is 5.18. The molecule has 82 valence electrons. The van der Waals surface area contributed by atoms with Gasteiger partial charge in [0.25, 0.3) is 0 Å². The lowest BCUT2D eigenvalue weighted by Gasteiger charge is -2.30. The van der Waals surface area contributed by atoms with Crippen LogP contribution in [0.25, 0.3) is 0 Å². The summed E-state index contributed by atoms with van der Waals surface area (Å²) in [5.74, 6) is 0.327. The quantitative estimate of drug-likeness (QED) is 0.814. The highest BCUT2D eigenvalue weighted by molar-refractivity contribution is 5.31. The molecule has 0 aliphatic heterocycles. The van der Waals surface area contributed by atoms with E-state index in [1.165, 1.54) is 11.3 Å². The van der Waals surface area contributed by atoms with Crippen LogP contribution in [0.3, 0.4) is 0 Å². The largest absolute Gasteiger partial charge is 0.383 e. The van der Waals surface area contributed by atoms with E-state index < -0.39 is 0 Å². The molecule has 0 bridgehead atoms. The van der Waals surface area contributed by atoms with Gasteiger partial charge >= 0.3 is 0 Å². The van der Waals surface area contributed by atoms with Gasteiger partial charge in [-0.1, -0.05) is 6.07 Å². The molecule has 2 rings (SSSR count). The van der Waals surface area contributed by atoms with Crippen LogP contribution in [-0.4, -0.2) is 24.2 Å². The molecule has 1 heterocycles. The molecule has 15 heavy (non-hydrogen) atoms. The van der Waals surface area contributed by atoms with Crippen molar-refractivity contribution in [2.75, 3.05) is 13.7 Å². The van der Waals surface area contributed by atoms with Gasteiger partial charge in [-0.2, -0.15) is 0 Å². The third kappa shape index (κ3) is 1.90. The van der Waals surface area contributed by atoms with Gasteiger partial charge in [0.05, 0.1) is 6.61 Å². The number of nitrogens with two attached hydrogens (primary N) is 1. The predicted octanol–water partition coefficient (Wildman–Crippen LogP) is 1.48. The number of rotatable bonds is 3. The van der Waals surface area contributed by atoms with Gasteiger partial charge in [-0.05, 0) is 31.4 Å². The maximum Gasteiger partial charge on any atom is 0.0646 e. The van der Waals surface area contributed by atoms with Gasteiger partial charge in [-0.25, -0.2) is 0 Å². The molecule has 2 N–H and O–H groups in total. The zero-order chi connectivity index (χ0) is 10.9. The van der Waals surface area contributed by atoms with E-state index in [0.29, 0.717) is 12.5 Å². The summed E-state index contributed by atoms with van der Waals surface area (Å²) >= 11 is 0. The fourth-order valence-electron chi connectivity index (χ4n) is 2.47. The Hall–Kier alpha value is -0.930. The molecule has 0 saturated heterocycles. The topological polar surface area (TPSA) is 48.1 Å². The summed E-state index contributed by atoms with van der Waals surface area (Å²) in [5.41, 5.74) is 8.48.